The number of pyridine rings is 1. The van der Waals surface area contributed by atoms with E-state index in [-0.39, 0.29) is 41.5 Å². The van der Waals surface area contributed by atoms with Crippen LogP contribution in [0.15, 0.2) is 108 Å². The minimum atomic E-state index is -0.753. The van der Waals surface area contributed by atoms with Gasteiger partial charge in [0.2, 0.25) is 11.3 Å². The van der Waals surface area contributed by atoms with Gasteiger partial charge in [-0.3, -0.25) is 14.4 Å². The van der Waals surface area contributed by atoms with Gasteiger partial charge in [0.15, 0.2) is 6.10 Å². The second-order valence-corrected chi connectivity index (χ2v) is 17.3. The predicted molar refractivity (Wildman–Crippen MR) is 239 cm³/mol. The molecule has 0 amide bonds. The number of aryl methyl sites for hydroxylation is 1. The molecule has 4 heterocycles. The SMILES string of the molecule is Cc1ccc(C(CC(=O)O[C@H]2C[N+]3(CC(=O)c4ccccc4)CCC2CC3)c2ccccc2)cc1OCCCCCCCCCNC[C@H](O)c1ccc(O)c2[nH]c(=O)ccc12. The van der Waals surface area contributed by atoms with Crippen molar-refractivity contribution in [2.45, 2.75) is 89.3 Å². The highest BCUT2D eigenvalue weighted by Gasteiger charge is 2.48. The monoisotopic (exact) mass is 828 g/mol. The molecule has 4 aromatic carbocycles. The van der Waals surface area contributed by atoms with Crippen LogP contribution in [-0.2, 0) is 9.53 Å². The van der Waals surface area contributed by atoms with Crippen LogP contribution in [-0.4, -0.2) is 83.4 Å². The first kappa shape index (κ1) is 43.8. The van der Waals surface area contributed by atoms with Crippen molar-refractivity contribution in [3.05, 3.63) is 141 Å². The lowest BCUT2D eigenvalue weighted by Crippen LogP contribution is -2.65. The summed E-state index contributed by atoms with van der Waals surface area (Å²) in [6.45, 7) is 6.96. The molecule has 4 N–H and O–H groups in total. The number of aromatic amines is 1. The minimum Gasteiger partial charge on any atom is -0.506 e. The topological polar surface area (TPSA) is 138 Å². The number of hydrogen-bond donors (Lipinski definition) is 4. The Labute approximate surface area is 359 Å². The van der Waals surface area contributed by atoms with Crippen molar-refractivity contribution in [1.29, 1.82) is 0 Å². The minimum absolute atomic E-state index is 0.0134. The maximum Gasteiger partial charge on any atom is 0.307 e. The second-order valence-electron chi connectivity index (χ2n) is 17.3. The summed E-state index contributed by atoms with van der Waals surface area (Å²) in [7, 11) is 0. The van der Waals surface area contributed by atoms with Gasteiger partial charge in [-0.25, -0.2) is 0 Å². The number of phenols is 1. The number of carbonyl (C=O) groups excluding carboxylic acids is 2. The van der Waals surface area contributed by atoms with Crippen molar-refractivity contribution in [2.24, 2.45) is 5.92 Å². The molecule has 3 aliphatic rings. The zero-order chi connectivity index (χ0) is 42.6. The number of carbonyl (C=O) groups is 2. The summed E-state index contributed by atoms with van der Waals surface area (Å²) in [4.78, 5) is 41.4. The van der Waals surface area contributed by atoms with E-state index < -0.39 is 6.10 Å². The number of aromatic hydroxyl groups is 1. The van der Waals surface area contributed by atoms with Crippen molar-refractivity contribution in [1.82, 2.24) is 10.3 Å². The number of nitrogens with zero attached hydrogens (tertiary/aromatic N) is 1. The lowest BCUT2D eigenvalue weighted by Gasteiger charge is -2.51. The Bertz CT molecular complexity index is 2270. The molecule has 322 valence electrons. The van der Waals surface area contributed by atoms with Crippen LogP contribution in [0.3, 0.4) is 0 Å². The summed E-state index contributed by atoms with van der Waals surface area (Å²) in [6.07, 6.45) is 8.91. The van der Waals surface area contributed by atoms with Crippen LogP contribution in [0.5, 0.6) is 11.5 Å². The molecule has 8 rings (SSSR count). The molecule has 3 saturated heterocycles. The fraction of sp³-hybridized carbons (Fsp3) is 0.431. The fourth-order valence-corrected chi connectivity index (χ4v) is 9.40. The third-order valence-corrected chi connectivity index (χ3v) is 12.9. The lowest BCUT2D eigenvalue weighted by molar-refractivity contribution is -0.938. The quantitative estimate of drug-likeness (QED) is 0.0236. The normalized spacial score (nSPS) is 19.4. The summed E-state index contributed by atoms with van der Waals surface area (Å²) in [6, 6.07) is 32.2. The Morgan fingerprint density at radius 3 is 2.30 bits per heavy atom. The molecule has 3 fully saturated rings. The molecule has 1 aromatic heterocycles. The highest BCUT2D eigenvalue weighted by atomic mass is 16.5. The number of quaternary nitrogens is 1. The van der Waals surface area contributed by atoms with E-state index in [1.807, 2.05) is 48.5 Å². The number of esters is 1. The number of unbranched alkanes of at least 4 members (excludes halogenated alkanes) is 6. The summed E-state index contributed by atoms with van der Waals surface area (Å²) >= 11 is 0. The summed E-state index contributed by atoms with van der Waals surface area (Å²) in [5.74, 6) is 0.969. The van der Waals surface area contributed by atoms with E-state index in [1.54, 1.807) is 12.1 Å². The molecular formula is C51H62N3O7+. The Morgan fingerprint density at radius 2 is 1.54 bits per heavy atom. The number of benzene rings is 4. The number of nitrogens with one attached hydrogen (secondary N) is 2. The number of aliphatic hydroxyl groups excluding tert-OH is 1. The largest absolute Gasteiger partial charge is 0.506 e. The molecule has 0 spiro atoms. The van der Waals surface area contributed by atoms with Crippen molar-refractivity contribution in [3.63, 3.8) is 0 Å². The predicted octanol–water partition coefficient (Wildman–Crippen LogP) is 8.53. The van der Waals surface area contributed by atoms with Gasteiger partial charge in [-0.15, -0.1) is 0 Å². The van der Waals surface area contributed by atoms with Crippen molar-refractivity contribution >= 4 is 22.7 Å². The van der Waals surface area contributed by atoms with Crippen LogP contribution in [0.2, 0.25) is 0 Å². The number of aliphatic hydroxyl groups is 1. The van der Waals surface area contributed by atoms with Crippen LogP contribution in [0, 0.1) is 12.8 Å². The third kappa shape index (κ3) is 11.6. The van der Waals surface area contributed by atoms with Crippen LogP contribution in [0.25, 0.3) is 10.9 Å². The molecule has 2 bridgehead atoms. The second kappa shape index (κ2) is 21.0. The average molecular weight is 829 g/mol. The number of fused-ring (bicyclic) bond motifs is 4. The summed E-state index contributed by atoms with van der Waals surface area (Å²) < 4.78 is 13.4. The van der Waals surface area contributed by atoms with Gasteiger partial charge in [0.1, 0.15) is 24.6 Å². The van der Waals surface area contributed by atoms with Crippen LogP contribution in [0.4, 0.5) is 0 Å². The molecule has 3 aliphatic heterocycles. The average Bonchev–Trinajstić information content (AvgIpc) is 3.27. The van der Waals surface area contributed by atoms with Gasteiger partial charge in [0.25, 0.3) is 0 Å². The number of phenolic OH excluding ortho intramolecular Hbond substituents is 1. The maximum absolute atomic E-state index is 13.8. The van der Waals surface area contributed by atoms with E-state index in [1.165, 1.54) is 12.1 Å². The number of piperidine rings is 3. The van der Waals surface area contributed by atoms with E-state index in [9.17, 15) is 24.6 Å². The Balaban J connectivity index is 0.827. The first-order valence-electron chi connectivity index (χ1n) is 22.3. The number of Topliss-reactive ketones (excluding diaryl/α,β-unsaturated/α-hetero) is 1. The Morgan fingerprint density at radius 1 is 0.836 bits per heavy atom. The molecule has 61 heavy (non-hydrogen) atoms. The van der Waals surface area contributed by atoms with Gasteiger partial charge in [-0.2, -0.15) is 0 Å². The van der Waals surface area contributed by atoms with E-state index in [2.05, 4.69) is 47.6 Å². The van der Waals surface area contributed by atoms with Gasteiger partial charge in [-0.05, 0) is 66.8 Å². The highest BCUT2D eigenvalue weighted by Crippen LogP contribution is 2.38. The molecule has 10 nitrogen and oxygen atoms in total. The molecule has 0 saturated carbocycles. The number of H-pyrrole nitrogens is 1. The maximum atomic E-state index is 13.8. The van der Waals surface area contributed by atoms with Gasteiger partial charge < -0.3 is 34.5 Å². The van der Waals surface area contributed by atoms with E-state index in [0.717, 1.165) is 105 Å². The molecule has 0 radical (unpaired) electrons. The fourth-order valence-electron chi connectivity index (χ4n) is 9.40. The number of rotatable bonds is 22. The molecule has 0 aliphatic carbocycles. The Hall–Kier alpha value is -5.29. The van der Waals surface area contributed by atoms with Gasteiger partial charge in [0, 0.05) is 48.2 Å². The van der Waals surface area contributed by atoms with Crippen LogP contribution < -0.4 is 15.6 Å². The number of ether oxygens (including phenoxy) is 2. The lowest BCUT2D eigenvalue weighted by atomic mass is 9.82. The van der Waals surface area contributed by atoms with Gasteiger partial charge >= 0.3 is 5.97 Å². The van der Waals surface area contributed by atoms with Crippen LogP contribution >= 0.6 is 0 Å². The smallest absolute Gasteiger partial charge is 0.307 e. The van der Waals surface area contributed by atoms with E-state index in [0.29, 0.717) is 53.1 Å². The molecule has 1 unspecified atom stereocenters. The number of hydrogen-bond acceptors (Lipinski definition) is 8. The first-order chi connectivity index (χ1) is 29.7. The van der Waals surface area contributed by atoms with Crippen molar-refractivity contribution in [3.8, 4) is 11.5 Å². The third-order valence-electron chi connectivity index (χ3n) is 12.9. The van der Waals surface area contributed by atoms with Crippen LogP contribution in [0.1, 0.15) is 109 Å². The summed E-state index contributed by atoms with van der Waals surface area (Å²) in [5.41, 5.74) is 4.63. The number of aromatic nitrogens is 1. The highest BCUT2D eigenvalue weighted by molar-refractivity contribution is 5.97. The van der Waals surface area contributed by atoms with Gasteiger partial charge in [0.05, 0.1) is 37.7 Å². The van der Waals surface area contributed by atoms with Crippen molar-refractivity contribution < 1.29 is 33.8 Å². The zero-order valence-corrected chi connectivity index (χ0v) is 35.5. The molecule has 3 atom stereocenters. The molecular weight excluding hydrogens is 767 g/mol. The first-order valence-corrected chi connectivity index (χ1v) is 22.3. The molecule has 5 aromatic rings. The number of ketones is 1. The molecule has 10 heteroatoms. The van der Waals surface area contributed by atoms with Crippen molar-refractivity contribution in [2.75, 3.05) is 45.9 Å². The van der Waals surface area contributed by atoms with Gasteiger partial charge in [-0.1, -0.05) is 111 Å². The zero-order valence-electron chi connectivity index (χ0n) is 35.5. The Kier molecular flexibility index (Phi) is 15.1. The van der Waals surface area contributed by atoms with E-state index >= 15 is 0 Å². The van der Waals surface area contributed by atoms with E-state index in [4.69, 9.17) is 9.47 Å². The summed E-state index contributed by atoms with van der Waals surface area (Å²) in [5, 5.41) is 24.9. The standard InChI is InChI=1S/C51H61N3O7/c1-36-19-20-40(31-47(36)60-30-14-6-4-2-3-5-13-27-52-33-45(56)41-21-23-44(55)51-42(41)22-24-49(58)53-51)43(37-15-9-7-10-16-37)32-50(59)61-48-35-54(28-25-39(48)26-29-54)34-46(57)38-17-11-8-12-18-38/h7-12,15-24,31,39,43,45,48,52,56H,2-6,13-14,25-30,32-35H2,1H3,(H-,53,55,58)/p+1/t39?,43?,45-,48-,54?/m0/s1.